The SMILES string of the molecule is Nc1cc(Cl)c(Cl)c(-c2cn[nH]c2)c1. The highest BCUT2D eigenvalue weighted by Crippen LogP contribution is 2.35. The third-order valence-electron chi connectivity index (χ3n) is 1.86. The minimum absolute atomic E-state index is 0.447. The fraction of sp³-hybridized carbons (Fsp3) is 0. The van der Waals surface area contributed by atoms with Gasteiger partial charge in [-0.05, 0) is 12.1 Å². The highest BCUT2D eigenvalue weighted by atomic mass is 35.5. The van der Waals surface area contributed by atoms with Crippen LogP contribution < -0.4 is 5.73 Å². The topological polar surface area (TPSA) is 54.7 Å². The molecule has 2 rings (SSSR count). The van der Waals surface area contributed by atoms with Gasteiger partial charge in [0.15, 0.2) is 0 Å². The fourth-order valence-electron chi connectivity index (χ4n) is 1.22. The molecule has 1 aromatic carbocycles. The Morgan fingerprint density at radius 1 is 1.29 bits per heavy atom. The lowest BCUT2D eigenvalue weighted by Crippen LogP contribution is -1.87. The Bertz CT molecular complexity index is 451. The van der Waals surface area contributed by atoms with E-state index in [0.29, 0.717) is 15.7 Å². The highest BCUT2D eigenvalue weighted by Gasteiger charge is 2.09. The second-order valence-corrected chi connectivity index (χ2v) is 3.64. The van der Waals surface area contributed by atoms with Gasteiger partial charge in [0.2, 0.25) is 0 Å². The summed E-state index contributed by atoms with van der Waals surface area (Å²) in [6.07, 6.45) is 3.40. The molecule has 0 radical (unpaired) electrons. The number of anilines is 1. The van der Waals surface area contributed by atoms with E-state index in [0.717, 1.165) is 11.1 Å². The van der Waals surface area contributed by atoms with Gasteiger partial charge in [-0.25, -0.2) is 0 Å². The average Bonchev–Trinajstić information content (AvgIpc) is 2.63. The molecule has 0 aliphatic carbocycles. The standard InChI is InChI=1S/C9H7Cl2N3/c10-8-2-6(12)1-7(9(8)11)5-3-13-14-4-5/h1-4H,12H2,(H,13,14). The van der Waals surface area contributed by atoms with Crippen molar-refractivity contribution < 1.29 is 0 Å². The zero-order valence-corrected chi connectivity index (χ0v) is 8.60. The van der Waals surface area contributed by atoms with E-state index in [1.165, 1.54) is 0 Å². The van der Waals surface area contributed by atoms with Crippen molar-refractivity contribution in [3.8, 4) is 11.1 Å². The van der Waals surface area contributed by atoms with E-state index in [-0.39, 0.29) is 0 Å². The molecule has 2 aromatic rings. The molecule has 0 unspecified atom stereocenters. The first-order valence-corrected chi connectivity index (χ1v) is 4.68. The van der Waals surface area contributed by atoms with Crippen molar-refractivity contribution in [1.29, 1.82) is 0 Å². The van der Waals surface area contributed by atoms with E-state index in [2.05, 4.69) is 10.2 Å². The Hall–Kier alpha value is -1.19. The van der Waals surface area contributed by atoms with Crippen molar-refractivity contribution in [2.24, 2.45) is 0 Å². The molecule has 0 amide bonds. The predicted molar refractivity (Wildman–Crippen MR) is 58.5 cm³/mol. The Labute approximate surface area is 90.8 Å². The van der Waals surface area contributed by atoms with Gasteiger partial charge >= 0.3 is 0 Å². The van der Waals surface area contributed by atoms with Gasteiger partial charge in [-0.2, -0.15) is 5.10 Å². The van der Waals surface area contributed by atoms with Crippen LogP contribution in [0, 0.1) is 0 Å². The largest absolute Gasteiger partial charge is 0.399 e. The third-order valence-corrected chi connectivity index (χ3v) is 2.66. The summed E-state index contributed by atoms with van der Waals surface area (Å²) < 4.78 is 0. The van der Waals surface area contributed by atoms with Crippen LogP contribution >= 0.6 is 23.2 Å². The van der Waals surface area contributed by atoms with E-state index in [9.17, 15) is 0 Å². The first-order valence-electron chi connectivity index (χ1n) is 3.92. The number of nitrogen functional groups attached to an aromatic ring is 1. The molecular weight excluding hydrogens is 221 g/mol. The van der Waals surface area contributed by atoms with Gasteiger partial charge in [-0.15, -0.1) is 0 Å². The molecule has 14 heavy (non-hydrogen) atoms. The van der Waals surface area contributed by atoms with Crippen molar-refractivity contribution >= 4 is 28.9 Å². The molecule has 0 fully saturated rings. The molecule has 1 heterocycles. The van der Waals surface area contributed by atoms with Gasteiger partial charge < -0.3 is 5.73 Å². The number of rotatable bonds is 1. The summed E-state index contributed by atoms with van der Waals surface area (Å²) in [5, 5.41) is 7.47. The second-order valence-electron chi connectivity index (χ2n) is 2.85. The van der Waals surface area contributed by atoms with Gasteiger partial charge in [0, 0.05) is 23.0 Å². The van der Waals surface area contributed by atoms with E-state index < -0.39 is 0 Å². The average molecular weight is 228 g/mol. The van der Waals surface area contributed by atoms with Gasteiger partial charge in [0.25, 0.3) is 0 Å². The third kappa shape index (κ3) is 1.56. The van der Waals surface area contributed by atoms with Crippen molar-refractivity contribution in [1.82, 2.24) is 10.2 Å². The van der Waals surface area contributed by atoms with Gasteiger partial charge in [0.05, 0.1) is 16.2 Å². The number of aromatic nitrogens is 2. The monoisotopic (exact) mass is 227 g/mol. The maximum Gasteiger partial charge on any atom is 0.0673 e. The number of halogens is 2. The number of H-pyrrole nitrogens is 1. The lowest BCUT2D eigenvalue weighted by atomic mass is 10.1. The minimum atomic E-state index is 0.447. The van der Waals surface area contributed by atoms with Crippen LogP contribution in [0.25, 0.3) is 11.1 Å². The van der Waals surface area contributed by atoms with Crippen molar-refractivity contribution in [2.75, 3.05) is 5.73 Å². The normalized spacial score (nSPS) is 10.4. The number of benzene rings is 1. The Morgan fingerprint density at radius 2 is 2.07 bits per heavy atom. The summed E-state index contributed by atoms with van der Waals surface area (Å²) >= 11 is 11.9. The first kappa shape index (κ1) is 9.37. The highest BCUT2D eigenvalue weighted by molar-refractivity contribution is 6.44. The molecule has 0 bridgehead atoms. The first-order chi connectivity index (χ1) is 6.68. The molecular formula is C9H7Cl2N3. The summed E-state index contributed by atoms with van der Waals surface area (Å²) in [6.45, 7) is 0. The predicted octanol–water partition coefficient (Wildman–Crippen LogP) is 2.97. The van der Waals surface area contributed by atoms with Crippen LogP contribution in [0.2, 0.25) is 10.0 Å². The zero-order chi connectivity index (χ0) is 10.1. The van der Waals surface area contributed by atoms with Crippen molar-refractivity contribution in [3.63, 3.8) is 0 Å². The molecule has 0 spiro atoms. The molecule has 3 nitrogen and oxygen atoms in total. The maximum atomic E-state index is 6.03. The minimum Gasteiger partial charge on any atom is -0.399 e. The molecule has 0 saturated carbocycles. The smallest absolute Gasteiger partial charge is 0.0673 e. The zero-order valence-electron chi connectivity index (χ0n) is 7.09. The van der Waals surface area contributed by atoms with Gasteiger partial charge in [0.1, 0.15) is 0 Å². The number of nitrogens with one attached hydrogen (secondary N) is 1. The summed E-state index contributed by atoms with van der Waals surface area (Å²) in [7, 11) is 0. The van der Waals surface area contributed by atoms with E-state index in [1.807, 2.05) is 0 Å². The number of hydrogen-bond donors (Lipinski definition) is 2. The Morgan fingerprint density at radius 3 is 2.71 bits per heavy atom. The Balaban J connectivity index is 2.64. The molecule has 0 aliphatic heterocycles. The molecule has 0 saturated heterocycles. The van der Waals surface area contributed by atoms with E-state index in [4.69, 9.17) is 28.9 Å². The molecule has 5 heteroatoms. The molecule has 1 aromatic heterocycles. The van der Waals surface area contributed by atoms with Crippen LogP contribution in [0.3, 0.4) is 0 Å². The second kappa shape index (κ2) is 3.52. The molecule has 3 N–H and O–H groups in total. The van der Waals surface area contributed by atoms with Gasteiger partial charge in [-0.3, -0.25) is 5.10 Å². The number of aromatic amines is 1. The van der Waals surface area contributed by atoms with Crippen LogP contribution in [0.4, 0.5) is 5.69 Å². The summed E-state index contributed by atoms with van der Waals surface area (Å²) in [5.41, 5.74) is 7.89. The summed E-state index contributed by atoms with van der Waals surface area (Å²) in [6, 6.07) is 3.38. The van der Waals surface area contributed by atoms with Crippen LogP contribution in [-0.2, 0) is 0 Å². The molecule has 0 atom stereocenters. The van der Waals surface area contributed by atoms with E-state index >= 15 is 0 Å². The maximum absolute atomic E-state index is 6.03. The quantitative estimate of drug-likeness (QED) is 0.737. The van der Waals surface area contributed by atoms with E-state index in [1.54, 1.807) is 24.5 Å². The van der Waals surface area contributed by atoms with Crippen LogP contribution in [0.5, 0.6) is 0 Å². The van der Waals surface area contributed by atoms with Crippen molar-refractivity contribution in [2.45, 2.75) is 0 Å². The van der Waals surface area contributed by atoms with Crippen molar-refractivity contribution in [3.05, 3.63) is 34.6 Å². The molecule has 0 aliphatic rings. The lowest BCUT2D eigenvalue weighted by Gasteiger charge is -2.04. The number of nitrogens with two attached hydrogens (primary N) is 1. The van der Waals surface area contributed by atoms with Gasteiger partial charge in [-0.1, -0.05) is 23.2 Å². The Kier molecular flexibility index (Phi) is 2.35. The van der Waals surface area contributed by atoms with Crippen LogP contribution in [0.1, 0.15) is 0 Å². The fourth-order valence-corrected chi connectivity index (χ4v) is 1.66. The number of hydrogen-bond acceptors (Lipinski definition) is 2. The summed E-state index contributed by atoms with van der Waals surface area (Å²) in [4.78, 5) is 0. The van der Waals surface area contributed by atoms with Crippen LogP contribution in [0.15, 0.2) is 24.5 Å². The lowest BCUT2D eigenvalue weighted by molar-refractivity contribution is 1.09. The number of nitrogens with zero attached hydrogens (tertiary/aromatic N) is 1. The summed E-state index contributed by atoms with van der Waals surface area (Å²) in [5.74, 6) is 0. The van der Waals surface area contributed by atoms with Crippen LogP contribution in [-0.4, -0.2) is 10.2 Å². The molecule has 72 valence electrons.